The van der Waals surface area contributed by atoms with Gasteiger partial charge in [0.1, 0.15) is 22.8 Å². The van der Waals surface area contributed by atoms with Crippen LogP contribution >= 0.6 is 35.3 Å². The maximum Gasteiger partial charge on any atom is 0.338 e. The van der Waals surface area contributed by atoms with Gasteiger partial charge in [0, 0.05) is 97.5 Å². The highest BCUT2D eigenvalue weighted by Gasteiger charge is 2.35. The van der Waals surface area contributed by atoms with E-state index in [1.54, 1.807) is 11.8 Å². The van der Waals surface area contributed by atoms with Crippen molar-refractivity contribution in [2.75, 3.05) is 13.2 Å². The van der Waals surface area contributed by atoms with Gasteiger partial charge in [0.05, 0.1) is 24.3 Å². The van der Waals surface area contributed by atoms with Crippen LogP contribution in [0, 0.1) is 0 Å². The minimum Gasteiger partial charge on any atom is -0.462 e. The van der Waals surface area contributed by atoms with Crippen LogP contribution < -0.4 is 0 Å². The number of ether oxygens (including phenoxy) is 2. The Labute approximate surface area is 528 Å². The predicted octanol–water partition coefficient (Wildman–Crippen LogP) is 18.1. The summed E-state index contributed by atoms with van der Waals surface area (Å²) in [6.07, 6.45) is 3.44. The van der Waals surface area contributed by atoms with Crippen molar-refractivity contribution in [1.82, 2.24) is 0 Å². The smallest absolute Gasteiger partial charge is 0.338 e. The number of nitrogens with zero attached hydrogens (tertiary/aromatic N) is 4. The molecule has 0 bridgehead atoms. The van der Waals surface area contributed by atoms with Gasteiger partial charge in [0.2, 0.25) is 10.2 Å². The molecule has 0 N–H and O–H groups in total. The zero-order chi connectivity index (χ0) is 60.5. The van der Waals surface area contributed by atoms with Crippen molar-refractivity contribution in [3.8, 4) is 44.5 Å². The first-order chi connectivity index (χ1) is 43.8. The lowest BCUT2D eigenvalue weighted by molar-refractivity contribution is 0.0491. The highest BCUT2D eigenvalue weighted by molar-refractivity contribution is 8.14. The summed E-state index contributed by atoms with van der Waals surface area (Å²) in [5.74, 6) is -0.713. The summed E-state index contributed by atoms with van der Waals surface area (Å²) in [4.78, 5) is 59.2. The first-order valence-corrected chi connectivity index (χ1v) is 32.1. The molecule has 0 heterocycles. The Bertz CT molecular complexity index is 4400. The van der Waals surface area contributed by atoms with Gasteiger partial charge in [-0.2, -0.15) is 0 Å². The summed E-state index contributed by atoms with van der Waals surface area (Å²) < 4.78 is 11.3. The predicted molar refractivity (Wildman–Crippen MR) is 358 cm³/mol. The first-order valence-electron chi connectivity index (χ1n) is 29.7. The number of carbonyl (C=O) groups excluding carboxylic acids is 4. The third kappa shape index (κ3) is 10.7. The van der Waals surface area contributed by atoms with Gasteiger partial charge in [-0.3, -0.25) is 9.59 Å². The van der Waals surface area contributed by atoms with Crippen LogP contribution in [0.2, 0.25) is 0 Å². The summed E-state index contributed by atoms with van der Waals surface area (Å²) in [7, 11) is 0. The molecular weight excluding hydrogens is 1160 g/mol. The maximum atomic E-state index is 14.4. The van der Waals surface area contributed by atoms with E-state index in [9.17, 15) is 19.2 Å². The van der Waals surface area contributed by atoms with Gasteiger partial charge in [-0.05, 0) is 131 Å². The van der Waals surface area contributed by atoms with Crippen LogP contribution in [-0.2, 0) is 9.47 Å². The van der Waals surface area contributed by atoms with E-state index in [0.29, 0.717) is 58.3 Å². The lowest BCUT2D eigenvalue weighted by Crippen LogP contribution is -2.08. The molecule has 0 atom stereocenters. The molecule has 0 radical (unpaired) electrons. The Kier molecular flexibility index (Phi) is 15.9. The van der Waals surface area contributed by atoms with E-state index >= 15 is 0 Å². The molecule has 13 heteroatoms. The molecule has 0 fully saturated rings. The second kappa shape index (κ2) is 24.8. The second-order valence-corrected chi connectivity index (χ2v) is 24.9. The Balaban J connectivity index is 0.664. The average Bonchev–Trinajstić information content (AvgIpc) is 1.69. The van der Waals surface area contributed by atoms with Crippen LogP contribution in [0.3, 0.4) is 0 Å². The molecule has 4 aliphatic carbocycles. The monoisotopic (exact) mass is 1210 g/mol. The fourth-order valence-electron chi connectivity index (χ4n) is 12.1. The number of hydrogen-bond donors (Lipinski definition) is 0. The number of esters is 2. The molecule has 0 spiro atoms. The van der Waals surface area contributed by atoms with Crippen molar-refractivity contribution in [3.05, 3.63) is 285 Å². The maximum absolute atomic E-state index is 14.4. The molecule has 0 aromatic heterocycles. The SMILES string of the molecule is CCCCOC(=O)c1cccc2c1-c1ccccc1C2=NN=C1c2ccccc2-c2c(C(=O)Sc3ccc(Sc4ccc(SC(=O)c5cccc6c5-c5ccccc5C6=NN=C5c6ccccc6-c6c(C(=O)OCCCC)cccc65)cc4)cc3)cccc21. The van der Waals surface area contributed by atoms with E-state index in [2.05, 4.69) is 13.8 Å². The van der Waals surface area contributed by atoms with Gasteiger partial charge in [-0.25, -0.2) is 9.59 Å². The number of carbonyl (C=O) groups is 4. The number of benzene rings is 10. The van der Waals surface area contributed by atoms with Gasteiger partial charge in [0.25, 0.3) is 0 Å². The van der Waals surface area contributed by atoms with Crippen LogP contribution in [0.1, 0.15) is 125 Å². The normalized spacial score (nSPS) is 14.4. The van der Waals surface area contributed by atoms with Crippen molar-refractivity contribution in [3.63, 3.8) is 0 Å². The standard InChI is InChI=1S/C76H54N4O6S3/c1-3-5-43-85-73(81)61-31-15-27-57-65(61)49-19-7-11-23-53(49)69(57)77-79-71-55-25-13-9-21-51(55)67-59(71)29-17-33-63(67)75(83)88-47-39-35-45(36-40-47)87-46-37-41-48(42-38-46)89-76(84)64-34-18-30-60-68(64)52-22-10-14-26-56(52)72(60)80-78-70-54-24-12-8-20-50(54)66-58(70)28-16-32-62(66)74(82)86-44-6-4-2/h7-42H,3-6,43-44H2,1-2H3. The molecule has 0 amide bonds. The Morgan fingerprint density at radius 3 is 0.865 bits per heavy atom. The molecule has 14 rings (SSSR count). The van der Waals surface area contributed by atoms with E-state index < -0.39 is 0 Å². The molecular formula is C76H54N4O6S3. The summed E-state index contributed by atoms with van der Waals surface area (Å²) in [5, 5.41) is 19.7. The van der Waals surface area contributed by atoms with Gasteiger partial charge < -0.3 is 9.47 Å². The summed E-state index contributed by atoms with van der Waals surface area (Å²) in [6.45, 7) is 4.85. The third-order valence-corrected chi connectivity index (χ3v) is 19.1. The molecule has 10 aromatic carbocycles. The minimum atomic E-state index is -0.356. The van der Waals surface area contributed by atoms with Crippen molar-refractivity contribution in [2.45, 2.75) is 59.1 Å². The number of rotatable bonds is 16. The highest BCUT2D eigenvalue weighted by Crippen LogP contribution is 2.46. The molecule has 10 aromatic rings. The Hall–Kier alpha value is -9.79. The fourth-order valence-corrected chi connectivity index (χ4v) is 14.4. The van der Waals surface area contributed by atoms with E-state index in [4.69, 9.17) is 29.9 Å². The lowest BCUT2D eigenvalue weighted by atomic mass is 9.99. The zero-order valence-electron chi connectivity index (χ0n) is 48.5. The quantitative estimate of drug-likeness (QED) is 0.0401. The topological polar surface area (TPSA) is 136 Å². The number of hydrogen-bond acceptors (Lipinski definition) is 13. The van der Waals surface area contributed by atoms with Crippen LogP contribution in [-0.4, -0.2) is 58.2 Å². The van der Waals surface area contributed by atoms with Crippen molar-refractivity contribution in [1.29, 1.82) is 0 Å². The molecule has 10 nitrogen and oxygen atoms in total. The molecule has 0 saturated carbocycles. The molecule has 0 saturated heterocycles. The van der Waals surface area contributed by atoms with Crippen LogP contribution in [0.25, 0.3) is 44.5 Å². The van der Waals surface area contributed by atoms with Crippen LogP contribution in [0.15, 0.2) is 258 Å². The van der Waals surface area contributed by atoms with Gasteiger partial charge >= 0.3 is 11.9 Å². The summed E-state index contributed by atoms with van der Waals surface area (Å²) in [5.41, 5.74) is 18.5. The number of fused-ring (bicyclic) bond motifs is 12. The number of thioether (sulfide) groups is 2. The first kappa shape index (κ1) is 57.0. The fraction of sp³-hybridized carbons (Fsp3) is 0.105. The van der Waals surface area contributed by atoms with Gasteiger partial charge in [-0.15, -0.1) is 20.4 Å². The van der Waals surface area contributed by atoms with E-state index in [1.807, 2.05) is 218 Å². The number of unbranched alkanes of at least 4 members (excludes halogenated alkanes) is 2. The largest absolute Gasteiger partial charge is 0.462 e. The lowest BCUT2D eigenvalue weighted by Gasteiger charge is -2.09. The van der Waals surface area contributed by atoms with Gasteiger partial charge in [0.15, 0.2) is 0 Å². The van der Waals surface area contributed by atoms with Crippen LogP contribution in [0.5, 0.6) is 0 Å². The zero-order valence-corrected chi connectivity index (χ0v) is 50.9. The van der Waals surface area contributed by atoms with E-state index in [-0.39, 0.29) is 22.2 Å². The van der Waals surface area contributed by atoms with E-state index in [0.717, 1.165) is 134 Å². The van der Waals surface area contributed by atoms with E-state index in [1.165, 1.54) is 23.5 Å². The Morgan fingerprint density at radius 1 is 0.303 bits per heavy atom. The summed E-state index contributed by atoms with van der Waals surface area (Å²) in [6, 6.07) is 70.6. The third-order valence-electron chi connectivity index (χ3n) is 16.2. The highest BCUT2D eigenvalue weighted by atomic mass is 32.2. The average molecular weight is 1220 g/mol. The van der Waals surface area contributed by atoms with Gasteiger partial charge in [-0.1, -0.05) is 184 Å². The molecule has 89 heavy (non-hydrogen) atoms. The second-order valence-electron chi connectivity index (χ2n) is 21.7. The van der Waals surface area contributed by atoms with Crippen molar-refractivity contribution in [2.24, 2.45) is 20.4 Å². The Morgan fingerprint density at radius 2 is 0.562 bits per heavy atom. The van der Waals surface area contributed by atoms with Crippen molar-refractivity contribution >= 4 is 80.3 Å². The minimum absolute atomic E-state index is 0.0898. The summed E-state index contributed by atoms with van der Waals surface area (Å²) >= 11 is 3.97. The van der Waals surface area contributed by atoms with Crippen LogP contribution in [0.4, 0.5) is 0 Å². The molecule has 432 valence electrons. The molecule has 4 aliphatic rings. The molecule has 0 unspecified atom stereocenters. The van der Waals surface area contributed by atoms with Crippen molar-refractivity contribution < 1.29 is 28.7 Å². The molecule has 0 aliphatic heterocycles.